The first-order chi connectivity index (χ1) is 17.5. The van der Waals surface area contributed by atoms with Crippen LogP contribution in [0.25, 0.3) is 0 Å². The third kappa shape index (κ3) is 6.13. The molecular formula is C28H33N3O5. The third-order valence-electron chi connectivity index (χ3n) is 6.54. The first-order valence-corrected chi connectivity index (χ1v) is 12.0. The van der Waals surface area contributed by atoms with E-state index in [1.54, 1.807) is 19.2 Å². The van der Waals surface area contributed by atoms with Crippen LogP contribution >= 0.6 is 0 Å². The molecule has 190 valence electrons. The van der Waals surface area contributed by atoms with Gasteiger partial charge in [0.2, 0.25) is 0 Å². The van der Waals surface area contributed by atoms with Crippen LogP contribution in [0.4, 0.5) is 0 Å². The molecule has 1 fully saturated rings. The highest BCUT2D eigenvalue weighted by molar-refractivity contribution is 5.92. The predicted octanol–water partition coefficient (Wildman–Crippen LogP) is 3.54. The average Bonchev–Trinajstić information content (AvgIpc) is 3.36. The number of rotatable bonds is 9. The van der Waals surface area contributed by atoms with E-state index in [4.69, 9.17) is 14.2 Å². The van der Waals surface area contributed by atoms with Gasteiger partial charge < -0.3 is 23.7 Å². The molecule has 1 amide bonds. The second kappa shape index (κ2) is 11.9. The number of benzene rings is 2. The number of methoxy groups -OCH3 is 2. The molecule has 0 saturated carbocycles. The van der Waals surface area contributed by atoms with Gasteiger partial charge in [-0.1, -0.05) is 24.3 Å². The minimum atomic E-state index is -0.360. The summed E-state index contributed by atoms with van der Waals surface area (Å²) in [5.74, 6) is 0.487. The Balaban J connectivity index is 1.41. The maximum atomic E-state index is 12.9. The van der Waals surface area contributed by atoms with Crippen LogP contribution < -0.4 is 4.74 Å². The number of aryl methyl sites for hydroxylation is 1. The summed E-state index contributed by atoms with van der Waals surface area (Å²) in [6.07, 6.45) is 1.71. The Labute approximate surface area is 212 Å². The van der Waals surface area contributed by atoms with Crippen LogP contribution in [0.2, 0.25) is 0 Å². The summed E-state index contributed by atoms with van der Waals surface area (Å²) in [6.45, 7) is 3.98. The number of ether oxygens (including phenoxy) is 3. The van der Waals surface area contributed by atoms with E-state index in [0.29, 0.717) is 37.5 Å². The number of piperazine rings is 1. The predicted molar refractivity (Wildman–Crippen MR) is 136 cm³/mol. The van der Waals surface area contributed by atoms with E-state index < -0.39 is 0 Å². The van der Waals surface area contributed by atoms with E-state index in [2.05, 4.69) is 4.90 Å². The largest absolute Gasteiger partial charge is 0.497 e. The smallest absolute Gasteiger partial charge is 0.337 e. The zero-order valence-electron chi connectivity index (χ0n) is 21.1. The fraction of sp³-hybridized carbons (Fsp3) is 0.357. The summed E-state index contributed by atoms with van der Waals surface area (Å²) < 4.78 is 18.5. The maximum Gasteiger partial charge on any atom is 0.337 e. The highest BCUT2D eigenvalue weighted by atomic mass is 16.5. The van der Waals surface area contributed by atoms with Gasteiger partial charge in [0.1, 0.15) is 11.4 Å². The quantitative estimate of drug-likeness (QED) is 0.427. The molecule has 3 aromatic rings. The summed E-state index contributed by atoms with van der Waals surface area (Å²) in [5.41, 5.74) is 3.21. The minimum Gasteiger partial charge on any atom is -0.497 e. The first kappa shape index (κ1) is 25.5. The lowest BCUT2D eigenvalue weighted by Crippen LogP contribution is -2.50. The van der Waals surface area contributed by atoms with Crippen LogP contribution in [0.3, 0.4) is 0 Å². The minimum absolute atomic E-state index is 0.0677. The van der Waals surface area contributed by atoms with Crippen molar-refractivity contribution in [2.24, 2.45) is 7.05 Å². The number of amides is 1. The number of hydrogen-bond acceptors (Lipinski definition) is 6. The van der Waals surface area contributed by atoms with Crippen molar-refractivity contribution in [2.75, 3.05) is 46.9 Å². The second-order valence-corrected chi connectivity index (χ2v) is 8.86. The van der Waals surface area contributed by atoms with E-state index in [1.807, 2.05) is 71.2 Å². The van der Waals surface area contributed by atoms with Crippen LogP contribution in [-0.4, -0.2) is 73.2 Å². The van der Waals surface area contributed by atoms with Crippen LogP contribution in [0, 0.1) is 0 Å². The van der Waals surface area contributed by atoms with Crippen LogP contribution in [-0.2, 0) is 23.1 Å². The number of carbonyl (C=O) groups is 2. The zero-order valence-corrected chi connectivity index (χ0v) is 21.1. The summed E-state index contributed by atoms with van der Waals surface area (Å²) >= 11 is 0. The molecule has 0 spiro atoms. The highest BCUT2D eigenvalue weighted by Crippen LogP contribution is 2.25. The van der Waals surface area contributed by atoms with Crippen molar-refractivity contribution in [3.8, 4) is 5.75 Å². The van der Waals surface area contributed by atoms with E-state index in [1.165, 1.54) is 7.11 Å². The van der Waals surface area contributed by atoms with Crippen molar-refractivity contribution in [1.82, 2.24) is 14.4 Å². The molecule has 1 aliphatic heterocycles. The fourth-order valence-electron chi connectivity index (χ4n) is 4.36. The van der Waals surface area contributed by atoms with E-state index >= 15 is 0 Å². The molecule has 4 rings (SSSR count). The van der Waals surface area contributed by atoms with Gasteiger partial charge in [0.25, 0.3) is 5.91 Å². The lowest BCUT2D eigenvalue weighted by Gasteiger charge is -2.36. The SMILES string of the molecule is COC(=O)c1ccc(COC(CN2CCN(C(=O)c3cccn3C)CC2)c2cccc(OC)c2)cc1. The van der Waals surface area contributed by atoms with Crippen molar-refractivity contribution < 1.29 is 23.8 Å². The molecule has 1 aliphatic rings. The standard InChI is InChI=1S/C28H33N3O5/c1-29-13-5-8-25(29)27(32)31-16-14-30(15-17-31)19-26(23-6-4-7-24(18-23)34-2)36-20-21-9-11-22(12-10-21)28(33)35-3/h4-13,18,26H,14-17,19-20H2,1-3H3. The van der Waals surface area contributed by atoms with Gasteiger partial charge >= 0.3 is 5.97 Å². The molecule has 1 saturated heterocycles. The lowest BCUT2D eigenvalue weighted by atomic mass is 10.1. The number of hydrogen-bond donors (Lipinski definition) is 0. The molecular weight excluding hydrogens is 458 g/mol. The fourth-order valence-corrected chi connectivity index (χ4v) is 4.36. The summed E-state index contributed by atoms with van der Waals surface area (Å²) in [7, 11) is 4.92. The molecule has 1 unspecified atom stereocenters. The van der Waals surface area contributed by atoms with Crippen LogP contribution in [0.5, 0.6) is 5.75 Å². The van der Waals surface area contributed by atoms with Gasteiger partial charge in [-0.25, -0.2) is 4.79 Å². The molecule has 0 bridgehead atoms. The first-order valence-electron chi connectivity index (χ1n) is 12.0. The van der Waals surface area contributed by atoms with Crippen molar-refractivity contribution in [3.63, 3.8) is 0 Å². The molecule has 1 atom stereocenters. The Morgan fingerprint density at radius 3 is 2.33 bits per heavy atom. The van der Waals surface area contributed by atoms with Gasteiger partial charge in [-0.05, 0) is 47.5 Å². The third-order valence-corrected chi connectivity index (χ3v) is 6.54. The van der Waals surface area contributed by atoms with E-state index in [-0.39, 0.29) is 18.0 Å². The number of aromatic nitrogens is 1. The average molecular weight is 492 g/mol. The second-order valence-electron chi connectivity index (χ2n) is 8.86. The Morgan fingerprint density at radius 1 is 0.944 bits per heavy atom. The van der Waals surface area contributed by atoms with Crippen molar-refractivity contribution in [3.05, 3.63) is 89.2 Å². The highest BCUT2D eigenvalue weighted by Gasteiger charge is 2.26. The topological polar surface area (TPSA) is 73.2 Å². The lowest BCUT2D eigenvalue weighted by molar-refractivity contribution is 0.00322. The zero-order chi connectivity index (χ0) is 25.5. The van der Waals surface area contributed by atoms with Gasteiger partial charge in [-0.15, -0.1) is 0 Å². The number of nitrogens with zero attached hydrogens (tertiary/aromatic N) is 3. The van der Waals surface area contributed by atoms with Gasteiger partial charge in [-0.2, -0.15) is 0 Å². The molecule has 0 radical (unpaired) electrons. The van der Waals surface area contributed by atoms with Crippen molar-refractivity contribution >= 4 is 11.9 Å². The van der Waals surface area contributed by atoms with Gasteiger partial charge in [-0.3, -0.25) is 9.69 Å². The summed E-state index contributed by atoms with van der Waals surface area (Å²) in [5, 5.41) is 0. The van der Waals surface area contributed by atoms with Crippen molar-refractivity contribution in [1.29, 1.82) is 0 Å². The Bertz CT molecular complexity index is 1170. The van der Waals surface area contributed by atoms with E-state index in [0.717, 1.165) is 30.0 Å². The Kier molecular flexibility index (Phi) is 8.40. The number of esters is 1. The van der Waals surface area contributed by atoms with Crippen LogP contribution in [0.1, 0.15) is 38.1 Å². The normalized spacial score (nSPS) is 14.9. The monoisotopic (exact) mass is 491 g/mol. The summed E-state index contributed by atoms with van der Waals surface area (Å²) in [6, 6.07) is 18.9. The molecule has 8 heteroatoms. The molecule has 0 N–H and O–H groups in total. The maximum absolute atomic E-state index is 12.9. The van der Waals surface area contributed by atoms with Gasteiger partial charge in [0.05, 0.1) is 32.5 Å². The van der Waals surface area contributed by atoms with Gasteiger partial charge in [0, 0.05) is 46.0 Å². The molecule has 36 heavy (non-hydrogen) atoms. The molecule has 2 aromatic carbocycles. The molecule has 8 nitrogen and oxygen atoms in total. The van der Waals surface area contributed by atoms with Crippen molar-refractivity contribution in [2.45, 2.75) is 12.7 Å². The number of carbonyl (C=O) groups excluding carboxylic acids is 2. The molecule has 2 heterocycles. The molecule has 1 aromatic heterocycles. The van der Waals surface area contributed by atoms with Gasteiger partial charge in [0.15, 0.2) is 0 Å². The Morgan fingerprint density at radius 2 is 1.69 bits per heavy atom. The summed E-state index contributed by atoms with van der Waals surface area (Å²) in [4.78, 5) is 28.8. The van der Waals surface area contributed by atoms with E-state index in [9.17, 15) is 9.59 Å². The van der Waals surface area contributed by atoms with Crippen LogP contribution in [0.15, 0.2) is 66.9 Å². The molecule has 0 aliphatic carbocycles. The Hall–Kier alpha value is -3.62.